The summed E-state index contributed by atoms with van der Waals surface area (Å²) < 4.78 is 0. The van der Waals surface area contributed by atoms with E-state index in [1.54, 1.807) is 6.07 Å². The van der Waals surface area contributed by atoms with Gasteiger partial charge < -0.3 is 10.6 Å². The first-order valence-corrected chi connectivity index (χ1v) is 10.9. The summed E-state index contributed by atoms with van der Waals surface area (Å²) in [4.78, 5) is 26.9. The SMILES string of the molecule is Cc1ccc(C(=O)NCC(=O)NCc2ccc(CN3CCCCC3C)cc2)cc1C. The number of rotatable bonds is 7. The van der Waals surface area contributed by atoms with Crippen molar-refractivity contribution >= 4 is 11.8 Å². The van der Waals surface area contributed by atoms with Gasteiger partial charge >= 0.3 is 0 Å². The van der Waals surface area contributed by atoms with Gasteiger partial charge in [-0.05, 0) is 74.5 Å². The molecule has 1 saturated heterocycles. The number of benzene rings is 2. The second kappa shape index (κ2) is 10.4. The Balaban J connectivity index is 1.42. The molecule has 2 amide bonds. The maximum atomic E-state index is 12.2. The first-order valence-electron chi connectivity index (χ1n) is 10.9. The minimum atomic E-state index is -0.232. The molecule has 0 saturated carbocycles. The molecule has 3 rings (SSSR count). The van der Waals surface area contributed by atoms with E-state index in [1.807, 2.05) is 26.0 Å². The summed E-state index contributed by atoms with van der Waals surface area (Å²) in [6.45, 7) is 8.87. The van der Waals surface area contributed by atoms with Crippen molar-refractivity contribution in [3.05, 3.63) is 70.3 Å². The molecule has 0 radical (unpaired) electrons. The molecular formula is C25H33N3O2. The van der Waals surface area contributed by atoms with Crippen LogP contribution in [0.4, 0.5) is 0 Å². The van der Waals surface area contributed by atoms with E-state index in [0.29, 0.717) is 18.2 Å². The van der Waals surface area contributed by atoms with Crippen LogP contribution in [-0.4, -0.2) is 35.8 Å². The molecule has 5 nitrogen and oxygen atoms in total. The van der Waals surface area contributed by atoms with Crippen molar-refractivity contribution in [1.82, 2.24) is 15.5 Å². The number of carbonyl (C=O) groups is 2. The Morgan fingerprint density at radius 3 is 2.40 bits per heavy atom. The number of nitrogens with zero attached hydrogens (tertiary/aromatic N) is 1. The molecule has 1 aliphatic heterocycles. The molecule has 30 heavy (non-hydrogen) atoms. The highest BCUT2D eigenvalue weighted by Crippen LogP contribution is 2.19. The Bertz CT molecular complexity index is 876. The summed E-state index contributed by atoms with van der Waals surface area (Å²) in [7, 11) is 0. The molecule has 2 N–H and O–H groups in total. The van der Waals surface area contributed by atoms with Crippen molar-refractivity contribution < 1.29 is 9.59 Å². The summed E-state index contributed by atoms with van der Waals surface area (Å²) in [5.74, 6) is -0.428. The maximum Gasteiger partial charge on any atom is 0.251 e. The quantitative estimate of drug-likeness (QED) is 0.735. The standard InChI is InChI=1S/C25H33N3O2/c1-18-7-12-23(14-19(18)2)25(30)27-16-24(29)26-15-21-8-10-22(11-9-21)17-28-13-5-4-6-20(28)3/h7-12,14,20H,4-6,13,15-17H2,1-3H3,(H,26,29)(H,27,30). The van der Waals surface area contributed by atoms with E-state index in [2.05, 4.69) is 46.7 Å². The number of likely N-dealkylation sites (tertiary alicyclic amines) is 1. The van der Waals surface area contributed by atoms with Crippen LogP contribution in [0.2, 0.25) is 0 Å². The molecule has 1 fully saturated rings. The van der Waals surface area contributed by atoms with Gasteiger partial charge in [-0.25, -0.2) is 0 Å². The highest BCUT2D eigenvalue weighted by atomic mass is 16.2. The molecule has 0 aliphatic carbocycles. The number of carbonyl (C=O) groups excluding carboxylic acids is 2. The molecule has 160 valence electrons. The molecular weight excluding hydrogens is 374 g/mol. The van der Waals surface area contributed by atoms with Crippen LogP contribution in [0.15, 0.2) is 42.5 Å². The monoisotopic (exact) mass is 407 g/mol. The molecule has 0 aromatic heterocycles. The lowest BCUT2D eigenvalue weighted by Crippen LogP contribution is -2.37. The van der Waals surface area contributed by atoms with Crippen LogP contribution in [0, 0.1) is 13.8 Å². The van der Waals surface area contributed by atoms with Gasteiger partial charge in [-0.1, -0.05) is 36.8 Å². The van der Waals surface area contributed by atoms with Gasteiger partial charge in [0.15, 0.2) is 0 Å². The smallest absolute Gasteiger partial charge is 0.251 e. The van der Waals surface area contributed by atoms with Gasteiger partial charge in [-0.15, -0.1) is 0 Å². The van der Waals surface area contributed by atoms with Crippen molar-refractivity contribution in [2.24, 2.45) is 0 Å². The molecule has 1 unspecified atom stereocenters. The normalized spacial score (nSPS) is 16.8. The number of amides is 2. The zero-order valence-corrected chi connectivity index (χ0v) is 18.3. The molecule has 1 atom stereocenters. The van der Waals surface area contributed by atoms with Crippen LogP contribution < -0.4 is 10.6 Å². The largest absolute Gasteiger partial charge is 0.350 e. The number of hydrogen-bond acceptors (Lipinski definition) is 3. The van der Waals surface area contributed by atoms with E-state index >= 15 is 0 Å². The summed E-state index contributed by atoms with van der Waals surface area (Å²) >= 11 is 0. The fourth-order valence-corrected chi connectivity index (χ4v) is 3.80. The third-order valence-electron chi connectivity index (χ3n) is 6.02. The minimum Gasteiger partial charge on any atom is -0.350 e. The van der Waals surface area contributed by atoms with Gasteiger partial charge in [0.25, 0.3) is 5.91 Å². The van der Waals surface area contributed by atoms with Gasteiger partial charge in [0.2, 0.25) is 5.91 Å². The highest BCUT2D eigenvalue weighted by Gasteiger charge is 2.18. The van der Waals surface area contributed by atoms with Crippen molar-refractivity contribution in [2.45, 2.75) is 59.2 Å². The average molecular weight is 408 g/mol. The van der Waals surface area contributed by atoms with E-state index in [0.717, 1.165) is 23.2 Å². The first kappa shape index (κ1) is 22.0. The Morgan fingerprint density at radius 1 is 0.967 bits per heavy atom. The van der Waals surface area contributed by atoms with Gasteiger partial charge in [0.05, 0.1) is 6.54 Å². The predicted molar refractivity (Wildman–Crippen MR) is 120 cm³/mol. The molecule has 0 spiro atoms. The van der Waals surface area contributed by atoms with E-state index in [1.165, 1.54) is 31.4 Å². The maximum absolute atomic E-state index is 12.2. The lowest BCUT2D eigenvalue weighted by molar-refractivity contribution is -0.120. The molecule has 5 heteroatoms. The topological polar surface area (TPSA) is 61.4 Å². The fourth-order valence-electron chi connectivity index (χ4n) is 3.80. The first-order chi connectivity index (χ1) is 14.4. The third-order valence-corrected chi connectivity index (χ3v) is 6.02. The van der Waals surface area contributed by atoms with E-state index in [-0.39, 0.29) is 18.4 Å². The number of aryl methyl sites for hydroxylation is 2. The lowest BCUT2D eigenvalue weighted by atomic mass is 10.0. The van der Waals surface area contributed by atoms with Crippen LogP contribution in [0.25, 0.3) is 0 Å². The Hall–Kier alpha value is -2.66. The van der Waals surface area contributed by atoms with Crippen molar-refractivity contribution in [3.8, 4) is 0 Å². The second-order valence-electron chi connectivity index (χ2n) is 8.39. The zero-order chi connectivity index (χ0) is 21.5. The van der Waals surface area contributed by atoms with E-state index < -0.39 is 0 Å². The molecule has 2 aromatic carbocycles. The van der Waals surface area contributed by atoms with Gasteiger partial charge in [0, 0.05) is 24.7 Å². The molecule has 2 aromatic rings. The van der Waals surface area contributed by atoms with Crippen LogP contribution in [0.1, 0.15) is 58.8 Å². The number of piperidine rings is 1. The second-order valence-corrected chi connectivity index (χ2v) is 8.39. The minimum absolute atomic E-state index is 0.0311. The summed E-state index contributed by atoms with van der Waals surface area (Å²) in [5, 5.41) is 5.55. The van der Waals surface area contributed by atoms with E-state index in [4.69, 9.17) is 0 Å². The summed E-state index contributed by atoms with van der Waals surface area (Å²) in [6.07, 6.45) is 3.90. The van der Waals surface area contributed by atoms with Crippen molar-refractivity contribution in [2.75, 3.05) is 13.1 Å². The average Bonchev–Trinajstić information content (AvgIpc) is 2.75. The van der Waals surface area contributed by atoms with Crippen LogP contribution in [-0.2, 0) is 17.9 Å². The van der Waals surface area contributed by atoms with Crippen molar-refractivity contribution in [1.29, 1.82) is 0 Å². The number of hydrogen-bond donors (Lipinski definition) is 2. The highest BCUT2D eigenvalue weighted by molar-refractivity contribution is 5.96. The lowest BCUT2D eigenvalue weighted by Gasteiger charge is -2.33. The Kier molecular flexibility index (Phi) is 7.63. The van der Waals surface area contributed by atoms with Crippen LogP contribution in [0.3, 0.4) is 0 Å². The van der Waals surface area contributed by atoms with Gasteiger partial charge in [-0.2, -0.15) is 0 Å². The van der Waals surface area contributed by atoms with E-state index in [9.17, 15) is 9.59 Å². The van der Waals surface area contributed by atoms with Gasteiger partial charge in [0.1, 0.15) is 0 Å². The summed E-state index contributed by atoms with van der Waals surface area (Å²) in [5.41, 5.74) is 5.13. The van der Waals surface area contributed by atoms with Crippen molar-refractivity contribution in [3.63, 3.8) is 0 Å². The van der Waals surface area contributed by atoms with Crippen LogP contribution >= 0.6 is 0 Å². The predicted octanol–water partition coefficient (Wildman–Crippen LogP) is 3.72. The number of nitrogens with one attached hydrogen (secondary N) is 2. The summed E-state index contributed by atoms with van der Waals surface area (Å²) in [6, 6.07) is 14.6. The third kappa shape index (κ3) is 6.17. The van der Waals surface area contributed by atoms with Crippen LogP contribution in [0.5, 0.6) is 0 Å². The molecule has 1 heterocycles. The van der Waals surface area contributed by atoms with Gasteiger partial charge in [-0.3, -0.25) is 14.5 Å². The fraction of sp³-hybridized carbons (Fsp3) is 0.440. The Morgan fingerprint density at radius 2 is 1.70 bits per heavy atom. The molecule has 0 bridgehead atoms. The Labute approximate surface area is 179 Å². The zero-order valence-electron chi connectivity index (χ0n) is 18.3. The molecule has 1 aliphatic rings.